The van der Waals surface area contributed by atoms with Gasteiger partial charge in [-0.1, -0.05) is 24.6 Å². The largest absolute Gasteiger partial charge is 0.396 e. The highest BCUT2D eigenvalue weighted by Crippen LogP contribution is 2.25. The van der Waals surface area contributed by atoms with E-state index in [4.69, 9.17) is 16.7 Å². The van der Waals surface area contributed by atoms with Gasteiger partial charge >= 0.3 is 0 Å². The Kier molecular flexibility index (Phi) is 6.55. The molecule has 0 saturated carbocycles. The maximum absolute atomic E-state index is 8.86. The summed E-state index contributed by atoms with van der Waals surface area (Å²) >= 11 is 6.15. The lowest BCUT2D eigenvalue weighted by Gasteiger charge is -2.05. The van der Waals surface area contributed by atoms with Crippen molar-refractivity contribution in [3.8, 4) is 0 Å². The van der Waals surface area contributed by atoms with Crippen LogP contribution in [0.3, 0.4) is 0 Å². The van der Waals surface area contributed by atoms with Crippen molar-refractivity contribution in [2.75, 3.05) is 13.2 Å². The van der Waals surface area contributed by atoms with E-state index in [1.807, 2.05) is 12.1 Å². The number of aromatic nitrogens is 1. The number of aryl methyl sites for hydroxylation is 1. The van der Waals surface area contributed by atoms with Crippen LogP contribution in [0.15, 0.2) is 24.4 Å². The van der Waals surface area contributed by atoms with E-state index in [-0.39, 0.29) is 6.61 Å². The van der Waals surface area contributed by atoms with Crippen LogP contribution in [0.1, 0.15) is 38.2 Å². The van der Waals surface area contributed by atoms with Crippen molar-refractivity contribution in [1.82, 2.24) is 9.88 Å². The predicted octanol–water partition coefficient (Wildman–Crippen LogP) is 3.96. The highest BCUT2D eigenvalue weighted by atomic mass is 35.5. The summed E-state index contributed by atoms with van der Waals surface area (Å²) in [6.45, 7) is 5.37. The molecule has 0 aliphatic heterocycles. The van der Waals surface area contributed by atoms with Gasteiger partial charge in [-0.2, -0.15) is 0 Å². The first-order valence-corrected chi connectivity index (χ1v) is 8.23. The number of halogens is 1. The van der Waals surface area contributed by atoms with Crippen LogP contribution in [0.4, 0.5) is 0 Å². The zero-order chi connectivity index (χ0) is 15.1. The number of nitrogens with zero attached hydrogens (tertiary/aromatic N) is 1. The number of rotatable bonds is 9. The van der Waals surface area contributed by atoms with Crippen molar-refractivity contribution >= 4 is 22.5 Å². The summed E-state index contributed by atoms with van der Waals surface area (Å²) in [5.74, 6) is 0. The van der Waals surface area contributed by atoms with E-state index in [1.165, 1.54) is 16.5 Å². The van der Waals surface area contributed by atoms with Crippen molar-refractivity contribution in [3.05, 3.63) is 35.0 Å². The molecular weight excluding hydrogens is 284 g/mol. The van der Waals surface area contributed by atoms with E-state index in [2.05, 4.69) is 29.1 Å². The Balaban J connectivity index is 2.16. The summed E-state index contributed by atoms with van der Waals surface area (Å²) in [4.78, 5) is 0. The molecule has 0 aliphatic carbocycles. The van der Waals surface area contributed by atoms with Gasteiger partial charge in [-0.25, -0.2) is 0 Å². The van der Waals surface area contributed by atoms with E-state index < -0.39 is 0 Å². The first kappa shape index (κ1) is 16.3. The first-order chi connectivity index (χ1) is 10.3. The summed E-state index contributed by atoms with van der Waals surface area (Å²) in [6, 6.07) is 6.13. The van der Waals surface area contributed by atoms with Gasteiger partial charge < -0.3 is 15.0 Å². The minimum absolute atomic E-state index is 0.282. The highest BCUT2D eigenvalue weighted by molar-refractivity contribution is 6.31. The number of fused-ring (bicyclic) bond motifs is 1. The summed E-state index contributed by atoms with van der Waals surface area (Å²) < 4.78 is 2.29. The number of unbranched alkanes of at least 4 members (excludes halogenated alkanes) is 2. The number of nitrogens with one attached hydrogen (secondary N) is 1. The molecule has 0 radical (unpaired) electrons. The molecular formula is C17H25ClN2O. The molecule has 1 aromatic heterocycles. The molecule has 1 heterocycles. The SMILES string of the molecule is CCCNCc1cn(CCCCCO)c2cc(Cl)ccc12. The molecule has 0 fully saturated rings. The second kappa shape index (κ2) is 8.42. The quantitative estimate of drug-likeness (QED) is 0.688. The molecule has 1 aromatic carbocycles. The van der Waals surface area contributed by atoms with Gasteiger partial charge in [-0.05, 0) is 49.9 Å². The molecule has 4 heteroatoms. The van der Waals surface area contributed by atoms with Crippen LogP contribution in [0.25, 0.3) is 10.9 Å². The molecule has 0 atom stereocenters. The molecule has 0 unspecified atom stereocenters. The first-order valence-electron chi connectivity index (χ1n) is 7.85. The number of hydrogen-bond acceptors (Lipinski definition) is 2. The summed E-state index contributed by atoms with van der Waals surface area (Å²) in [5, 5.41) is 14.4. The maximum Gasteiger partial charge on any atom is 0.0498 e. The van der Waals surface area contributed by atoms with Crippen molar-refractivity contribution in [1.29, 1.82) is 0 Å². The average Bonchev–Trinajstić information content (AvgIpc) is 2.81. The second-order valence-electron chi connectivity index (χ2n) is 5.47. The van der Waals surface area contributed by atoms with Crippen LogP contribution < -0.4 is 5.32 Å². The molecule has 116 valence electrons. The van der Waals surface area contributed by atoms with Gasteiger partial charge in [0.05, 0.1) is 0 Å². The third-order valence-electron chi connectivity index (χ3n) is 3.73. The molecule has 0 aliphatic rings. The molecule has 2 rings (SSSR count). The zero-order valence-corrected chi connectivity index (χ0v) is 13.5. The van der Waals surface area contributed by atoms with Gasteiger partial charge in [-0.3, -0.25) is 0 Å². The Morgan fingerprint density at radius 1 is 1.24 bits per heavy atom. The second-order valence-corrected chi connectivity index (χ2v) is 5.91. The predicted molar refractivity (Wildman–Crippen MR) is 89.9 cm³/mol. The van der Waals surface area contributed by atoms with E-state index in [9.17, 15) is 0 Å². The third kappa shape index (κ3) is 4.47. The highest BCUT2D eigenvalue weighted by Gasteiger charge is 2.08. The smallest absolute Gasteiger partial charge is 0.0498 e. The van der Waals surface area contributed by atoms with Crippen molar-refractivity contribution < 1.29 is 5.11 Å². The van der Waals surface area contributed by atoms with Crippen LogP contribution in [0.5, 0.6) is 0 Å². The normalized spacial score (nSPS) is 11.4. The lowest BCUT2D eigenvalue weighted by Crippen LogP contribution is -2.13. The number of benzene rings is 1. The Morgan fingerprint density at radius 2 is 2.10 bits per heavy atom. The van der Waals surface area contributed by atoms with Gasteiger partial charge in [0.1, 0.15) is 0 Å². The molecule has 0 saturated heterocycles. The van der Waals surface area contributed by atoms with Crippen LogP contribution >= 0.6 is 11.6 Å². The Morgan fingerprint density at radius 3 is 2.86 bits per heavy atom. The van der Waals surface area contributed by atoms with Crippen molar-refractivity contribution in [2.24, 2.45) is 0 Å². The molecule has 0 spiro atoms. The number of hydrogen-bond donors (Lipinski definition) is 2. The monoisotopic (exact) mass is 308 g/mol. The minimum Gasteiger partial charge on any atom is -0.396 e. The Bertz CT molecular complexity index is 565. The fraction of sp³-hybridized carbons (Fsp3) is 0.529. The maximum atomic E-state index is 8.86. The summed E-state index contributed by atoms with van der Waals surface area (Å²) in [5.41, 5.74) is 2.54. The fourth-order valence-corrected chi connectivity index (χ4v) is 2.80. The molecule has 0 amide bonds. The Hall–Kier alpha value is -1.03. The molecule has 2 N–H and O–H groups in total. The minimum atomic E-state index is 0.282. The van der Waals surface area contributed by atoms with Crippen molar-refractivity contribution in [2.45, 2.75) is 45.7 Å². The molecule has 2 aromatic rings. The van der Waals surface area contributed by atoms with E-state index in [0.717, 1.165) is 50.3 Å². The lowest BCUT2D eigenvalue weighted by molar-refractivity contribution is 0.282. The topological polar surface area (TPSA) is 37.2 Å². The van der Waals surface area contributed by atoms with Gasteiger partial charge in [0.25, 0.3) is 0 Å². The average molecular weight is 309 g/mol. The number of aliphatic hydroxyl groups is 1. The van der Waals surface area contributed by atoms with Crippen molar-refractivity contribution in [3.63, 3.8) is 0 Å². The van der Waals surface area contributed by atoms with Gasteiger partial charge in [-0.15, -0.1) is 0 Å². The van der Waals surface area contributed by atoms with Crippen LogP contribution in [-0.4, -0.2) is 22.8 Å². The van der Waals surface area contributed by atoms with E-state index in [1.54, 1.807) is 0 Å². The zero-order valence-electron chi connectivity index (χ0n) is 12.7. The fourth-order valence-electron chi connectivity index (χ4n) is 2.64. The van der Waals surface area contributed by atoms with Crippen LogP contribution in [0, 0.1) is 0 Å². The third-order valence-corrected chi connectivity index (χ3v) is 3.96. The van der Waals surface area contributed by atoms with Gasteiger partial charge in [0, 0.05) is 41.8 Å². The molecule has 21 heavy (non-hydrogen) atoms. The summed E-state index contributed by atoms with van der Waals surface area (Å²) in [7, 11) is 0. The van der Waals surface area contributed by atoms with Gasteiger partial charge in [0.2, 0.25) is 0 Å². The number of aliphatic hydroxyl groups excluding tert-OH is 1. The lowest BCUT2D eigenvalue weighted by atomic mass is 10.2. The van der Waals surface area contributed by atoms with E-state index >= 15 is 0 Å². The molecule has 0 bridgehead atoms. The van der Waals surface area contributed by atoms with Crippen LogP contribution in [0.2, 0.25) is 5.02 Å². The summed E-state index contributed by atoms with van der Waals surface area (Å²) in [6.07, 6.45) is 6.40. The standard InChI is InChI=1S/C17H25ClN2O/c1-2-8-19-12-14-13-20(9-4-3-5-10-21)17-11-15(18)6-7-16(14)17/h6-7,11,13,19,21H,2-5,8-10,12H2,1H3. The molecule has 3 nitrogen and oxygen atoms in total. The van der Waals surface area contributed by atoms with E-state index in [0.29, 0.717) is 0 Å². The Labute approximate surface area is 131 Å². The van der Waals surface area contributed by atoms with Crippen LogP contribution in [-0.2, 0) is 13.1 Å². The van der Waals surface area contributed by atoms with Gasteiger partial charge in [0.15, 0.2) is 0 Å².